The molecule has 0 bridgehead atoms. The van der Waals surface area contributed by atoms with Crippen LogP contribution in [0.1, 0.15) is 277 Å². The number of carbonyl (C=O) groups excluding carboxylic acids is 1. The second kappa shape index (κ2) is 49.2. The first kappa shape index (κ1) is 57.6. The van der Waals surface area contributed by atoms with E-state index in [4.69, 9.17) is 0 Å². The molecule has 0 aromatic carbocycles. The molecule has 0 aliphatic rings. The van der Waals surface area contributed by atoms with E-state index in [2.05, 4.69) is 43.5 Å². The third kappa shape index (κ3) is 44.4. The molecule has 59 heavy (non-hydrogen) atoms. The van der Waals surface area contributed by atoms with Gasteiger partial charge in [-0.05, 0) is 44.9 Å². The number of allylic oxidation sites excluding steroid dienone is 5. The maximum Gasteiger partial charge on any atom is 0.249 e. The Morgan fingerprint density at radius 1 is 0.407 bits per heavy atom. The van der Waals surface area contributed by atoms with E-state index in [0.717, 1.165) is 44.9 Å². The lowest BCUT2D eigenvalue weighted by atomic mass is 10.0. The van der Waals surface area contributed by atoms with Gasteiger partial charge in [0.05, 0.1) is 18.8 Å². The van der Waals surface area contributed by atoms with Crippen LogP contribution >= 0.6 is 0 Å². The Hall–Kier alpha value is -1.43. The zero-order valence-corrected chi connectivity index (χ0v) is 39.6. The molecule has 0 aromatic heterocycles. The van der Waals surface area contributed by atoms with E-state index >= 15 is 0 Å². The van der Waals surface area contributed by atoms with Crippen molar-refractivity contribution in [2.24, 2.45) is 0 Å². The molecular formula is C54H103NO4. The van der Waals surface area contributed by atoms with Crippen LogP contribution in [0.15, 0.2) is 36.5 Å². The Morgan fingerprint density at radius 2 is 0.695 bits per heavy atom. The Balaban J connectivity index is 3.50. The smallest absolute Gasteiger partial charge is 0.249 e. The van der Waals surface area contributed by atoms with Gasteiger partial charge in [-0.15, -0.1) is 0 Å². The van der Waals surface area contributed by atoms with E-state index in [1.54, 1.807) is 6.08 Å². The predicted molar refractivity (Wildman–Crippen MR) is 259 cm³/mol. The second-order valence-electron chi connectivity index (χ2n) is 18.1. The summed E-state index contributed by atoms with van der Waals surface area (Å²) >= 11 is 0. The molecule has 0 spiro atoms. The van der Waals surface area contributed by atoms with Gasteiger partial charge in [-0.3, -0.25) is 4.79 Å². The summed E-state index contributed by atoms with van der Waals surface area (Å²) in [6.45, 7) is 4.15. The minimum atomic E-state index is -1.11. The first-order chi connectivity index (χ1) is 29.1. The molecule has 5 heteroatoms. The van der Waals surface area contributed by atoms with E-state index in [1.807, 2.05) is 6.08 Å². The van der Waals surface area contributed by atoms with Crippen LogP contribution in [0.25, 0.3) is 0 Å². The molecule has 4 N–H and O–H groups in total. The molecule has 348 valence electrons. The molecular weight excluding hydrogens is 727 g/mol. The molecule has 0 saturated heterocycles. The number of carbonyl (C=O) groups is 1. The predicted octanol–water partition coefficient (Wildman–Crippen LogP) is 15.9. The van der Waals surface area contributed by atoms with Crippen molar-refractivity contribution >= 4 is 5.91 Å². The molecule has 0 radical (unpaired) electrons. The Kier molecular flexibility index (Phi) is 48.0. The van der Waals surface area contributed by atoms with Crippen LogP contribution in [0.5, 0.6) is 0 Å². The van der Waals surface area contributed by atoms with Crippen molar-refractivity contribution in [2.75, 3.05) is 6.61 Å². The van der Waals surface area contributed by atoms with E-state index in [-0.39, 0.29) is 6.61 Å². The van der Waals surface area contributed by atoms with Gasteiger partial charge in [-0.2, -0.15) is 0 Å². The van der Waals surface area contributed by atoms with Crippen LogP contribution in [-0.2, 0) is 4.79 Å². The van der Waals surface area contributed by atoms with Crippen LogP contribution in [0, 0.1) is 0 Å². The van der Waals surface area contributed by atoms with Gasteiger partial charge in [0.1, 0.15) is 6.10 Å². The summed E-state index contributed by atoms with van der Waals surface area (Å²) < 4.78 is 0. The quantitative estimate of drug-likeness (QED) is 0.0363. The van der Waals surface area contributed by atoms with Gasteiger partial charge < -0.3 is 20.6 Å². The molecule has 0 saturated carbocycles. The van der Waals surface area contributed by atoms with Gasteiger partial charge in [0.15, 0.2) is 0 Å². The maximum absolute atomic E-state index is 12.5. The molecule has 0 heterocycles. The Morgan fingerprint density at radius 3 is 1.03 bits per heavy atom. The zero-order chi connectivity index (χ0) is 43.0. The largest absolute Gasteiger partial charge is 0.394 e. The monoisotopic (exact) mass is 830 g/mol. The van der Waals surface area contributed by atoms with Crippen molar-refractivity contribution in [3.05, 3.63) is 36.5 Å². The SMILES string of the molecule is CCCCC/C=C/CC/C=C/CC/C=C/C(O)C(CO)NC(=O)C(O)CCCCCCCCCCCCCCCCCCCCCCCCCCCCCCCCCC. The van der Waals surface area contributed by atoms with Gasteiger partial charge in [-0.25, -0.2) is 0 Å². The number of aliphatic hydroxyl groups is 3. The number of rotatable bonds is 48. The fourth-order valence-electron chi connectivity index (χ4n) is 8.10. The molecule has 3 atom stereocenters. The summed E-state index contributed by atoms with van der Waals surface area (Å²) in [6, 6.07) is -0.818. The molecule has 3 unspecified atom stereocenters. The zero-order valence-electron chi connectivity index (χ0n) is 39.6. The van der Waals surface area contributed by atoms with Crippen molar-refractivity contribution in [1.82, 2.24) is 5.32 Å². The Bertz CT molecular complexity index is 916. The van der Waals surface area contributed by atoms with E-state index < -0.39 is 24.2 Å². The number of aliphatic hydroxyl groups excluding tert-OH is 3. The number of nitrogens with one attached hydrogen (secondary N) is 1. The first-order valence-corrected chi connectivity index (χ1v) is 26.3. The molecule has 0 rings (SSSR count). The highest BCUT2D eigenvalue weighted by Gasteiger charge is 2.22. The minimum Gasteiger partial charge on any atom is -0.394 e. The summed E-state index contributed by atoms with van der Waals surface area (Å²) in [4.78, 5) is 12.5. The standard InChI is InChI=1S/C54H103NO4/c1-3-5-7-9-11-13-15-17-18-19-20-21-22-23-24-25-26-27-28-29-30-31-32-33-34-35-37-39-41-43-45-47-49-53(58)54(59)55-51(50-56)52(57)48-46-44-42-40-38-36-16-14-12-10-8-6-4-2/h12,14,38,40,46,48,51-53,56-58H,3-11,13,15-37,39,41-45,47,49-50H2,1-2H3,(H,55,59)/b14-12+,40-38+,48-46+. The van der Waals surface area contributed by atoms with Crippen molar-refractivity contribution < 1.29 is 20.1 Å². The highest BCUT2D eigenvalue weighted by Crippen LogP contribution is 2.17. The summed E-state index contributed by atoms with van der Waals surface area (Å²) in [5.74, 6) is -0.514. The van der Waals surface area contributed by atoms with Crippen molar-refractivity contribution in [2.45, 2.75) is 295 Å². The lowest BCUT2D eigenvalue weighted by Crippen LogP contribution is -2.48. The lowest BCUT2D eigenvalue weighted by Gasteiger charge is -2.21. The Labute approximate surface area is 368 Å². The number of unbranched alkanes of at least 4 members (excludes halogenated alkanes) is 36. The topological polar surface area (TPSA) is 89.8 Å². The van der Waals surface area contributed by atoms with Gasteiger partial charge in [0, 0.05) is 0 Å². The second-order valence-corrected chi connectivity index (χ2v) is 18.1. The van der Waals surface area contributed by atoms with Gasteiger partial charge in [0.25, 0.3) is 0 Å². The average molecular weight is 830 g/mol. The fraction of sp³-hybridized carbons (Fsp3) is 0.870. The van der Waals surface area contributed by atoms with Crippen molar-refractivity contribution in [3.63, 3.8) is 0 Å². The third-order valence-electron chi connectivity index (χ3n) is 12.2. The molecule has 5 nitrogen and oxygen atoms in total. The normalized spacial score (nSPS) is 13.6. The molecule has 0 fully saturated rings. The third-order valence-corrected chi connectivity index (χ3v) is 12.2. The van der Waals surface area contributed by atoms with Gasteiger partial charge >= 0.3 is 0 Å². The van der Waals surface area contributed by atoms with E-state index in [1.165, 1.54) is 212 Å². The van der Waals surface area contributed by atoms with Crippen LogP contribution in [0.2, 0.25) is 0 Å². The molecule has 0 aliphatic heterocycles. The fourth-order valence-corrected chi connectivity index (χ4v) is 8.10. The van der Waals surface area contributed by atoms with Gasteiger partial charge in [-0.1, -0.05) is 269 Å². The van der Waals surface area contributed by atoms with Crippen molar-refractivity contribution in [3.8, 4) is 0 Å². The summed E-state index contributed by atoms with van der Waals surface area (Å²) in [7, 11) is 0. The first-order valence-electron chi connectivity index (χ1n) is 26.3. The summed E-state index contributed by atoms with van der Waals surface area (Å²) in [6.07, 6.45) is 63.7. The molecule has 0 aromatic rings. The van der Waals surface area contributed by atoms with E-state index in [9.17, 15) is 20.1 Å². The number of hydrogen-bond donors (Lipinski definition) is 4. The summed E-state index contributed by atoms with van der Waals surface area (Å²) in [5, 5.41) is 33.1. The maximum atomic E-state index is 12.5. The lowest BCUT2D eigenvalue weighted by molar-refractivity contribution is -0.131. The average Bonchev–Trinajstić information content (AvgIpc) is 3.24. The van der Waals surface area contributed by atoms with Crippen molar-refractivity contribution in [1.29, 1.82) is 0 Å². The number of hydrogen-bond acceptors (Lipinski definition) is 4. The van der Waals surface area contributed by atoms with Gasteiger partial charge in [0.2, 0.25) is 5.91 Å². The molecule has 0 aliphatic carbocycles. The summed E-state index contributed by atoms with van der Waals surface area (Å²) in [5.41, 5.74) is 0. The number of amides is 1. The van der Waals surface area contributed by atoms with Crippen LogP contribution in [0.3, 0.4) is 0 Å². The van der Waals surface area contributed by atoms with E-state index in [0.29, 0.717) is 6.42 Å². The highest BCUT2D eigenvalue weighted by atomic mass is 16.3. The van der Waals surface area contributed by atoms with Crippen LogP contribution < -0.4 is 5.32 Å². The highest BCUT2D eigenvalue weighted by molar-refractivity contribution is 5.80. The van der Waals surface area contributed by atoms with Crippen LogP contribution in [-0.4, -0.2) is 46.1 Å². The van der Waals surface area contributed by atoms with Crippen LogP contribution in [0.4, 0.5) is 0 Å². The molecule has 1 amide bonds. The minimum absolute atomic E-state index is 0.379.